The van der Waals surface area contributed by atoms with Crippen LogP contribution in [0.2, 0.25) is 0 Å². The average Bonchev–Trinajstić information content (AvgIpc) is 3.09. The van der Waals surface area contributed by atoms with Crippen molar-refractivity contribution in [2.24, 2.45) is 0 Å². The van der Waals surface area contributed by atoms with E-state index in [2.05, 4.69) is 10.2 Å². The Labute approximate surface area is 91.9 Å². The van der Waals surface area contributed by atoms with Gasteiger partial charge in [0.05, 0.1) is 19.8 Å². The topological polar surface area (TPSA) is 33.7 Å². The van der Waals surface area contributed by atoms with Gasteiger partial charge in [0.2, 0.25) is 0 Å². The maximum atomic E-state index is 5.36. The predicted octanol–water partition coefficient (Wildman–Crippen LogP) is 0.0856. The van der Waals surface area contributed by atoms with Crippen LogP contribution in [-0.2, 0) is 9.47 Å². The molecule has 88 valence electrons. The summed E-state index contributed by atoms with van der Waals surface area (Å²) in [6, 6.07) is 1.30. The van der Waals surface area contributed by atoms with E-state index in [-0.39, 0.29) is 0 Å². The van der Waals surface area contributed by atoms with Crippen molar-refractivity contribution < 1.29 is 9.47 Å². The molecule has 1 saturated carbocycles. The van der Waals surface area contributed by atoms with Crippen LogP contribution in [0.1, 0.15) is 12.8 Å². The van der Waals surface area contributed by atoms with Gasteiger partial charge in [-0.1, -0.05) is 0 Å². The fourth-order valence-electron chi connectivity index (χ4n) is 2.02. The van der Waals surface area contributed by atoms with Crippen molar-refractivity contribution in [2.75, 3.05) is 46.6 Å². The second kappa shape index (κ2) is 5.80. The van der Waals surface area contributed by atoms with E-state index in [1.807, 2.05) is 0 Å². The standard InChI is InChI=1S/C11H22N2O2/c1-14-9-11(8-12-10-2-3-10)13-4-6-15-7-5-13/h10-12H,2-9H2,1H3. The summed E-state index contributed by atoms with van der Waals surface area (Å²) >= 11 is 0. The first-order chi connectivity index (χ1) is 7.40. The zero-order valence-corrected chi connectivity index (χ0v) is 9.58. The fourth-order valence-corrected chi connectivity index (χ4v) is 2.02. The largest absolute Gasteiger partial charge is 0.383 e. The molecule has 1 aliphatic carbocycles. The molecular weight excluding hydrogens is 192 g/mol. The smallest absolute Gasteiger partial charge is 0.0630 e. The van der Waals surface area contributed by atoms with E-state index in [1.165, 1.54) is 12.8 Å². The summed E-state index contributed by atoms with van der Waals surface area (Å²) in [6.07, 6.45) is 2.70. The summed E-state index contributed by atoms with van der Waals surface area (Å²) in [5.74, 6) is 0. The molecule has 0 bridgehead atoms. The molecule has 0 radical (unpaired) electrons. The fraction of sp³-hybridized carbons (Fsp3) is 1.00. The van der Waals surface area contributed by atoms with Crippen LogP contribution in [0.15, 0.2) is 0 Å². The number of nitrogens with zero attached hydrogens (tertiary/aromatic N) is 1. The third kappa shape index (κ3) is 3.72. The van der Waals surface area contributed by atoms with Crippen LogP contribution in [0.25, 0.3) is 0 Å². The molecule has 1 atom stereocenters. The summed E-state index contributed by atoms with van der Waals surface area (Å²) < 4.78 is 10.7. The molecule has 0 aromatic heterocycles. The third-order valence-electron chi connectivity index (χ3n) is 3.14. The maximum absolute atomic E-state index is 5.36. The minimum Gasteiger partial charge on any atom is -0.383 e. The first kappa shape index (κ1) is 11.3. The maximum Gasteiger partial charge on any atom is 0.0630 e. The predicted molar refractivity (Wildman–Crippen MR) is 59.1 cm³/mol. The minimum atomic E-state index is 0.513. The van der Waals surface area contributed by atoms with E-state index >= 15 is 0 Å². The van der Waals surface area contributed by atoms with Crippen molar-refractivity contribution in [3.8, 4) is 0 Å². The molecule has 4 nitrogen and oxygen atoms in total. The molecule has 2 aliphatic rings. The Morgan fingerprint density at radius 1 is 1.40 bits per heavy atom. The second-order valence-corrected chi connectivity index (χ2v) is 4.44. The summed E-state index contributed by atoms with van der Waals surface area (Å²) in [4.78, 5) is 2.47. The molecule has 0 amide bonds. The molecule has 2 fully saturated rings. The van der Waals surface area contributed by atoms with Gasteiger partial charge in [0.25, 0.3) is 0 Å². The third-order valence-corrected chi connectivity index (χ3v) is 3.14. The van der Waals surface area contributed by atoms with E-state index in [0.29, 0.717) is 6.04 Å². The first-order valence-corrected chi connectivity index (χ1v) is 5.94. The Morgan fingerprint density at radius 3 is 2.73 bits per heavy atom. The lowest BCUT2D eigenvalue weighted by atomic mass is 10.2. The molecule has 4 heteroatoms. The molecule has 1 unspecified atom stereocenters. The van der Waals surface area contributed by atoms with Crippen LogP contribution in [-0.4, -0.2) is 63.5 Å². The molecule has 0 spiro atoms. The highest BCUT2D eigenvalue weighted by atomic mass is 16.5. The zero-order chi connectivity index (χ0) is 10.5. The average molecular weight is 214 g/mol. The number of nitrogens with one attached hydrogen (secondary N) is 1. The number of morpholine rings is 1. The van der Waals surface area contributed by atoms with Gasteiger partial charge in [-0.15, -0.1) is 0 Å². The van der Waals surface area contributed by atoms with Crippen LogP contribution >= 0.6 is 0 Å². The van der Waals surface area contributed by atoms with Crippen molar-refractivity contribution in [2.45, 2.75) is 24.9 Å². The zero-order valence-electron chi connectivity index (χ0n) is 9.58. The monoisotopic (exact) mass is 214 g/mol. The van der Waals surface area contributed by atoms with Crippen molar-refractivity contribution in [3.05, 3.63) is 0 Å². The molecule has 2 rings (SSSR count). The van der Waals surface area contributed by atoms with Crippen molar-refractivity contribution in [1.29, 1.82) is 0 Å². The Morgan fingerprint density at radius 2 is 2.13 bits per heavy atom. The Kier molecular flexibility index (Phi) is 4.38. The summed E-state index contributed by atoms with van der Waals surface area (Å²) in [7, 11) is 1.78. The lowest BCUT2D eigenvalue weighted by molar-refractivity contribution is -0.00280. The Hall–Kier alpha value is -0.160. The molecule has 15 heavy (non-hydrogen) atoms. The second-order valence-electron chi connectivity index (χ2n) is 4.44. The van der Waals surface area contributed by atoms with Gasteiger partial charge >= 0.3 is 0 Å². The van der Waals surface area contributed by atoms with Gasteiger partial charge in [0, 0.05) is 38.8 Å². The van der Waals surface area contributed by atoms with Crippen LogP contribution in [0.3, 0.4) is 0 Å². The SMILES string of the molecule is COCC(CNC1CC1)N1CCOCC1. The number of hydrogen-bond acceptors (Lipinski definition) is 4. The lowest BCUT2D eigenvalue weighted by Crippen LogP contribution is -2.50. The van der Waals surface area contributed by atoms with Gasteiger partial charge in [-0.2, -0.15) is 0 Å². The van der Waals surface area contributed by atoms with E-state index < -0.39 is 0 Å². The normalized spacial score (nSPS) is 25.4. The van der Waals surface area contributed by atoms with Crippen molar-refractivity contribution >= 4 is 0 Å². The highest BCUT2D eigenvalue weighted by molar-refractivity contribution is 4.84. The van der Waals surface area contributed by atoms with E-state index in [9.17, 15) is 0 Å². The van der Waals surface area contributed by atoms with Gasteiger partial charge in [-0.3, -0.25) is 4.90 Å². The quantitative estimate of drug-likeness (QED) is 0.679. The molecule has 1 saturated heterocycles. The Bertz CT molecular complexity index is 179. The highest BCUT2D eigenvalue weighted by Crippen LogP contribution is 2.18. The molecular formula is C11H22N2O2. The number of methoxy groups -OCH3 is 1. The van der Waals surface area contributed by atoms with Crippen LogP contribution in [0.5, 0.6) is 0 Å². The van der Waals surface area contributed by atoms with Crippen LogP contribution in [0.4, 0.5) is 0 Å². The molecule has 0 aromatic carbocycles. The van der Waals surface area contributed by atoms with Gasteiger partial charge < -0.3 is 14.8 Å². The lowest BCUT2D eigenvalue weighted by Gasteiger charge is -2.34. The number of hydrogen-bond donors (Lipinski definition) is 1. The number of rotatable bonds is 6. The molecule has 1 N–H and O–H groups in total. The van der Waals surface area contributed by atoms with Crippen LogP contribution in [0, 0.1) is 0 Å². The van der Waals surface area contributed by atoms with Gasteiger partial charge in [-0.05, 0) is 12.8 Å². The molecule has 1 aliphatic heterocycles. The summed E-state index contributed by atoms with van der Waals surface area (Å²) in [5.41, 5.74) is 0. The van der Waals surface area contributed by atoms with Crippen molar-refractivity contribution in [3.63, 3.8) is 0 Å². The van der Waals surface area contributed by atoms with Gasteiger partial charge in [0.15, 0.2) is 0 Å². The minimum absolute atomic E-state index is 0.513. The molecule has 0 aromatic rings. The highest BCUT2D eigenvalue weighted by Gasteiger charge is 2.25. The van der Waals surface area contributed by atoms with Gasteiger partial charge in [-0.25, -0.2) is 0 Å². The van der Waals surface area contributed by atoms with E-state index in [0.717, 1.165) is 45.5 Å². The van der Waals surface area contributed by atoms with Gasteiger partial charge in [0.1, 0.15) is 0 Å². The van der Waals surface area contributed by atoms with Crippen molar-refractivity contribution in [1.82, 2.24) is 10.2 Å². The van der Waals surface area contributed by atoms with Crippen LogP contribution < -0.4 is 5.32 Å². The summed E-state index contributed by atoms with van der Waals surface area (Å²) in [6.45, 7) is 5.69. The first-order valence-electron chi connectivity index (χ1n) is 5.94. The van der Waals surface area contributed by atoms with E-state index in [4.69, 9.17) is 9.47 Å². The summed E-state index contributed by atoms with van der Waals surface area (Å²) in [5, 5.41) is 3.58. The van der Waals surface area contributed by atoms with E-state index in [1.54, 1.807) is 7.11 Å². The number of ether oxygens (including phenoxy) is 2. The molecule has 1 heterocycles. The Balaban J connectivity index is 1.74.